The number of halogens is 2. The summed E-state index contributed by atoms with van der Waals surface area (Å²) in [6.07, 6.45) is 0.0114. The highest BCUT2D eigenvalue weighted by molar-refractivity contribution is 6.37. The van der Waals surface area contributed by atoms with Gasteiger partial charge in [-0.15, -0.1) is 0 Å². The second kappa shape index (κ2) is 6.64. The first kappa shape index (κ1) is 14.7. The average Bonchev–Trinajstić information content (AvgIpc) is 2.39. The molecule has 2 aromatic rings. The van der Waals surface area contributed by atoms with E-state index in [0.717, 1.165) is 11.1 Å². The van der Waals surface area contributed by atoms with E-state index in [4.69, 9.17) is 33.0 Å². The molecule has 0 amide bonds. The summed E-state index contributed by atoms with van der Waals surface area (Å²) < 4.78 is 5.59. The van der Waals surface area contributed by atoms with Gasteiger partial charge in [-0.05, 0) is 23.3 Å². The van der Waals surface area contributed by atoms with E-state index in [2.05, 4.69) is 0 Å². The third-order valence-electron chi connectivity index (χ3n) is 2.68. The van der Waals surface area contributed by atoms with Crippen molar-refractivity contribution in [2.75, 3.05) is 0 Å². The second-order valence-electron chi connectivity index (χ2n) is 4.23. The van der Waals surface area contributed by atoms with Gasteiger partial charge >= 0.3 is 5.97 Å². The van der Waals surface area contributed by atoms with Crippen molar-refractivity contribution in [3.8, 4) is 5.75 Å². The van der Waals surface area contributed by atoms with E-state index in [0.29, 0.717) is 22.4 Å². The molecule has 0 spiro atoms. The molecule has 5 heteroatoms. The topological polar surface area (TPSA) is 46.5 Å². The molecule has 3 nitrogen and oxygen atoms in total. The molecule has 2 aromatic carbocycles. The van der Waals surface area contributed by atoms with E-state index in [9.17, 15) is 4.79 Å². The average molecular weight is 311 g/mol. The predicted octanol–water partition coefficient (Wildman–Crippen LogP) is 4.20. The molecule has 0 unspecified atom stereocenters. The number of hydrogen-bond acceptors (Lipinski definition) is 2. The van der Waals surface area contributed by atoms with E-state index in [1.807, 2.05) is 12.1 Å². The van der Waals surface area contributed by atoms with Crippen LogP contribution in [0.5, 0.6) is 5.75 Å². The molecule has 0 atom stereocenters. The molecule has 0 saturated heterocycles. The maximum atomic E-state index is 10.6. The van der Waals surface area contributed by atoms with Crippen molar-refractivity contribution in [3.63, 3.8) is 0 Å². The summed E-state index contributed by atoms with van der Waals surface area (Å²) in [5.74, 6) is -0.401. The van der Waals surface area contributed by atoms with Crippen molar-refractivity contribution in [1.29, 1.82) is 0 Å². The molecule has 0 fully saturated rings. The fourth-order valence-corrected chi connectivity index (χ4v) is 2.21. The molecule has 104 valence electrons. The largest absolute Gasteiger partial charge is 0.486 e. The van der Waals surface area contributed by atoms with Crippen LogP contribution in [-0.2, 0) is 17.8 Å². The van der Waals surface area contributed by atoms with Gasteiger partial charge in [0.1, 0.15) is 6.61 Å². The molecule has 0 bridgehead atoms. The Balaban J connectivity index is 2.02. The highest BCUT2D eigenvalue weighted by Crippen LogP contribution is 2.32. The molecular weight excluding hydrogens is 299 g/mol. The minimum atomic E-state index is -0.850. The lowest BCUT2D eigenvalue weighted by Gasteiger charge is -2.10. The van der Waals surface area contributed by atoms with Gasteiger partial charge in [0.2, 0.25) is 0 Å². The number of carboxylic acid groups (broad SMARTS) is 1. The van der Waals surface area contributed by atoms with E-state index in [-0.39, 0.29) is 6.42 Å². The molecular formula is C15H12Cl2O3. The van der Waals surface area contributed by atoms with Gasteiger partial charge in [-0.3, -0.25) is 4.79 Å². The Labute approximate surface area is 126 Å². The van der Waals surface area contributed by atoms with Crippen LogP contribution in [0.2, 0.25) is 10.0 Å². The number of benzene rings is 2. The summed E-state index contributed by atoms with van der Waals surface area (Å²) >= 11 is 12.0. The maximum Gasteiger partial charge on any atom is 0.307 e. The molecule has 0 radical (unpaired) electrons. The van der Waals surface area contributed by atoms with E-state index in [1.54, 1.807) is 30.3 Å². The number of ether oxygens (including phenoxy) is 1. The molecule has 0 aliphatic rings. The predicted molar refractivity (Wildman–Crippen MR) is 78.6 cm³/mol. The first-order valence-electron chi connectivity index (χ1n) is 5.92. The van der Waals surface area contributed by atoms with Crippen molar-refractivity contribution >= 4 is 29.2 Å². The number of carboxylic acids is 1. The van der Waals surface area contributed by atoms with Crippen LogP contribution in [0, 0.1) is 0 Å². The molecule has 1 N–H and O–H groups in total. The van der Waals surface area contributed by atoms with Gasteiger partial charge in [-0.25, -0.2) is 0 Å². The van der Waals surface area contributed by atoms with Gasteiger partial charge in [-0.2, -0.15) is 0 Å². The zero-order chi connectivity index (χ0) is 14.5. The molecule has 0 aromatic heterocycles. The summed E-state index contributed by atoms with van der Waals surface area (Å²) in [5, 5.41) is 9.61. The number of aliphatic carboxylic acids is 1. The van der Waals surface area contributed by atoms with Crippen LogP contribution < -0.4 is 4.74 Å². The van der Waals surface area contributed by atoms with Crippen molar-refractivity contribution in [2.45, 2.75) is 13.0 Å². The SMILES string of the molecule is O=C(O)Cc1ccc(COc2c(Cl)cccc2Cl)cc1. The zero-order valence-electron chi connectivity index (χ0n) is 10.5. The first-order valence-corrected chi connectivity index (χ1v) is 6.68. The molecule has 0 saturated carbocycles. The molecule has 0 heterocycles. The Morgan fingerprint density at radius 1 is 1.00 bits per heavy atom. The lowest BCUT2D eigenvalue weighted by Crippen LogP contribution is -2.01. The third-order valence-corrected chi connectivity index (χ3v) is 3.28. The second-order valence-corrected chi connectivity index (χ2v) is 5.04. The molecule has 0 aliphatic carbocycles. The van der Waals surface area contributed by atoms with Crippen LogP contribution >= 0.6 is 23.2 Å². The number of rotatable bonds is 5. The number of para-hydroxylation sites is 1. The summed E-state index contributed by atoms with van der Waals surface area (Å²) in [6, 6.07) is 12.3. The Kier molecular flexibility index (Phi) is 4.88. The summed E-state index contributed by atoms with van der Waals surface area (Å²) in [6.45, 7) is 0.316. The van der Waals surface area contributed by atoms with Gasteiger partial charge in [0, 0.05) is 0 Å². The zero-order valence-corrected chi connectivity index (χ0v) is 12.0. The van der Waals surface area contributed by atoms with Gasteiger partial charge in [0.05, 0.1) is 16.5 Å². The Morgan fingerprint density at radius 2 is 1.55 bits per heavy atom. The highest BCUT2D eigenvalue weighted by atomic mass is 35.5. The van der Waals surface area contributed by atoms with Crippen molar-refractivity contribution < 1.29 is 14.6 Å². The van der Waals surface area contributed by atoms with E-state index >= 15 is 0 Å². The lowest BCUT2D eigenvalue weighted by atomic mass is 10.1. The quantitative estimate of drug-likeness (QED) is 0.900. The van der Waals surface area contributed by atoms with Crippen molar-refractivity contribution in [3.05, 3.63) is 63.6 Å². The summed E-state index contributed by atoms with van der Waals surface area (Å²) in [5.41, 5.74) is 1.66. The third kappa shape index (κ3) is 3.89. The summed E-state index contributed by atoms with van der Waals surface area (Å²) in [7, 11) is 0. The Hall–Kier alpha value is -1.71. The van der Waals surface area contributed by atoms with Crippen LogP contribution in [0.4, 0.5) is 0 Å². The van der Waals surface area contributed by atoms with E-state index in [1.165, 1.54) is 0 Å². The highest BCUT2D eigenvalue weighted by Gasteiger charge is 2.07. The van der Waals surface area contributed by atoms with Gasteiger partial charge in [-0.1, -0.05) is 53.5 Å². The summed E-state index contributed by atoms with van der Waals surface area (Å²) in [4.78, 5) is 10.6. The number of hydrogen-bond donors (Lipinski definition) is 1. The normalized spacial score (nSPS) is 10.3. The van der Waals surface area contributed by atoms with Gasteiger partial charge in [0.15, 0.2) is 5.75 Å². The molecule has 0 aliphatic heterocycles. The van der Waals surface area contributed by atoms with Crippen molar-refractivity contribution in [1.82, 2.24) is 0 Å². The monoisotopic (exact) mass is 310 g/mol. The number of carbonyl (C=O) groups is 1. The van der Waals surface area contributed by atoms with Gasteiger partial charge in [0.25, 0.3) is 0 Å². The fourth-order valence-electron chi connectivity index (χ4n) is 1.70. The lowest BCUT2D eigenvalue weighted by molar-refractivity contribution is -0.136. The van der Waals surface area contributed by atoms with Crippen LogP contribution in [0.15, 0.2) is 42.5 Å². The Bertz CT molecular complexity index is 589. The first-order chi connectivity index (χ1) is 9.56. The maximum absolute atomic E-state index is 10.6. The van der Waals surface area contributed by atoms with Crippen molar-refractivity contribution in [2.24, 2.45) is 0 Å². The minimum absolute atomic E-state index is 0.0114. The molecule has 2 rings (SSSR count). The smallest absolute Gasteiger partial charge is 0.307 e. The van der Waals surface area contributed by atoms with Crippen LogP contribution in [0.25, 0.3) is 0 Å². The molecule has 20 heavy (non-hydrogen) atoms. The van der Waals surface area contributed by atoms with Crippen LogP contribution in [0.3, 0.4) is 0 Å². The Morgan fingerprint density at radius 3 is 2.10 bits per heavy atom. The minimum Gasteiger partial charge on any atom is -0.486 e. The fraction of sp³-hybridized carbons (Fsp3) is 0.133. The standard InChI is InChI=1S/C15H12Cl2O3/c16-12-2-1-3-13(17)15(12)20-9-11-6-4-10(5-7-11)8-14(18)19/h1-7H,8-9H2,(H,18,19). The van der Waals surface area contributed by atoms with E-state index < -0.39 is 5.97 Å². The van der Waals surface area contributed by atoms with Crippen LogP contribution in [0.1, 0.15) is 11.1 Å². The van der Waals surface area contributed by atoms with Crippen LogP contribution in [-0.4, -0.2) is 11.1 Å². The van der Waals surface area contributed by atoms with Gasteiger partial charge < -0.3 is 9.84 Å².